The Balaban J connectivity index is 3.06. The van der Waals surface area contributed by atoms with Crippen LogP contribution in [0.1, 0.15) is 12.0 Å². The molecule has 0 saturated heterocycles. The third kappa shape index (κ3) is 4.45. The van der Waals surface area contributed by atoms with Crippen molar-refractivity contribution in [3.8, 4) is 5.75 Å². The van der Waals surface area contributed by atoms with Gasteiger partial charge in [0.25, 0.3) is 0 Å². The number of ether oxygens (including phenoxy) is 2. The Morgan fingerprint density at radius 2 is 2.05 bits per heavy atom. The number of aliphatic hydroxyl groups excluding tert-OH is 1. The lowest BCUT2D eigenvalue weighted by molar-refractivity contribution is 0.158. The molecule has 1 rings (SSSR count). The van der Waals surface area contributed by atoms with Crippen LogP contribution < -0.4 is 9.46 Å². The van der Waals surface area contributed by atoms with Gasteiger partial charge in [0.1, 0.15) is 10.6 Å². The lowest BCUT2D eigenvalue weighted by Gasteiger charge is -2.18. The van der Waals surface area contributed by atoms with Crippen LogP contribution in [0.25, 0.3) is 0 Å². The molecule has 114 valence electrons. The highest BCUT2D eigenvalue weighted by atomic mass is 32.2. The van der Waals surface area contributed by atoms with Gasteiger partial charge >= 0.3 is 0 Å². The van der Waals surface area contributed by atoms with Crippen molar-refractivity contribution in [1.82, 2.24) is 4.72 Å². The summed E-state index contributed by atoms with van der Waals surface area (Å²) in [4.78, 5) is 0.0824. The van der Waals surface area contributed by atoms with Gasteiger partial charge in [0, 0.05) is 19.8 Å². The van der Waals surface area contributed by atoms with Crippen LogP contribution >= 0.6 is 0 Å². The van der Waals surface area contributed by atoms with Crippen molar-refractivity contribution in [1.29, 1.82) is 0 Å². The molecule has 0 aliphatic heterocycles. The fourth-order valence-corrected chi connectivity index (χ4v) is 3.32. The van der Waals surface area contributed by atoms with Crippen LogP contribution in [0.3, 0.4) is 0 Å². The molecule has 7 heteroatoms. The number of benzene rings is 1. The Hall–Kier alpha value is -1.15. The summed E-state index contributed by atoms with van der Waals surface area (Å²) in [6, 6.07) is 4.45. The van der Waals surface area contributed by atoms with Crippen LogP contribution in [-0.4, -0.2) is 47.0 Å². The molecule has 0 fully saturated rings. The zero-order chi connectivity index (χ0) is 15.2. The van der Waals surface area contributed by atoms with E-state index < -0.39 is 16.1 Å². The van der Waals surface area contributed by atoms with Gasteiger partial charge in [0.05, 0.1) is 13.7 Å². The summed E-state index contributed by atoms with van der Waals surface area (Å²) in [5.74, 6) is 0.281. The summed E-state index contributed by atoms with van der Waals surface area (Å²) in [6.45, 7) is 1.87. The van der Waals surface area contributed by atoms with E-state index in [9.17, 15) is 8.42 Å². The number of sulfonamides is 1. The summed E-state index contributed by atoms with van der Waals surface area (Å²) in [7, 11) is -0.836. The Bertz CT molecular complexity index is 524. The molecule has 1 atom stereocenters. The zero-order valence-electron chi connectivity index (χ0n) is 11.9. The van der Waals surface area contributed by atoms with Crippen LogP contribution in [0.2, 0.25) is 0 Å². The molecule has 6 nitrogen and oxygen atoms in total. The first-order chi connectivity index (χ1) is 9.44. The summed E-state index contributed by atoms with van der Waals surface area (Å²) in [6.07, 6.45) is 0.279. The number of nitrogens with one attached hydrogen (secondary N) is 1. The first kappa shape index (κ1) is 16.9. The minimum atomic E-state index is -3.74. The predicted molar refractivity (Wildman–Crippen MR) is 75.4 cm³/mol. The zero-order valence-corrected chi connectivity index (χ0v) is 12.7. The number of aryl methyl sites for hydroxylation is 1. The fraction of sp³-hybridized carbons (Fsp3) is 0.538. The van der Waals surface area contributed by atoms with E-state index >= 15 is 0 Å². The van der Waals surface area contributed by atoms with Gasteiger partial charge in [-0.1, -0.05) is 6.07 Å². The third-order valence-electron chi connectivity index (χ3n) is 2.78. The average molecular weight is 303 g/mol. The van der Waals surface area contributed by atoms with E-state index in [4.69, 9.17) is 14.6 Å². The Labute approximate surface area is 119 Å². The average Bonchev–Trinajstić information content (AvgIpc) is 2.39. The largest absolute Gasteiger partial charge is 0.495 e. The van der Waals surface area contributed by atoms with Gasteiger partial charge in [-0.3, -0.25) is 0 Å². The highest BCUT2D eigenvalue weighted by Gasteiger charge is 2.23. The molecule has 0 amide bonds. The third-order valence-corrected chi connectivity index (χ3v) is 4.32. The molecule has 1 aromatic carbocycles. The fourth-order valence-electron chi connectivity index (χ4n) is 1.81. The molecule has 20 heavy (non-hydrogen) atoms. The smallest absolute Gasteiger partial charge is 0.244 e. The Kier molecular flexibility index (Phi) is 6.41. The summed E-state index contributed by atoms with van der Waals surface area (Å²) >= 11 is 0. The van der Waals surface area contributed by atoms with Crippen molar-refractivity contribution in [3.05, 3.63) is 23.8 Å². The molecule has 1 unspecified atom stereocenters. The van der Waals surface area contributed by atoms with Gasteiger partial charge < -0.3 is 14.6 Å². The number of aliphatic hydroxyl groups is 1. The van der Waals surface area contributed by atoms with Crippen LogP contribution in [0.15, 0.2) is 23.1 Å². The Morgan fingerprint density at radius 3 is 2.60 bits per heavy atom. The van der Waals surface area contributed by atoms with Crippen molar-refractivity contribution >= 4 is 10.0 Å². The monoisotopic (exact) mass is 303 g/mol. The molecule has 1 aromatic rings. The summed E-state index contributed by atoms with van der Waals surface area (Å²) in [5, 5.41) is 8.96. The van der Waals surface area contributed by atoms with Crippen molar-refractivity contribution in [2.45, 2.75) is 24.3 Å². The second-order valence-electron chi connectivity index (χ2n) is 4.44. The lowest BCUT2D eigenvalue weighted by atomic mass is 10.2. The molecular formula is C13H21NO5S. The van der Waals surface area contributed by atoms with E-state index in [2.05, 4.69) is 4.72 Å². The molecule has 0 bridgehead atoms. The lowest BCUT2D eigenvalue weighted by Crippen LogP contribution is -2.38. The van der Waals surface area contributed by atoms with E-state index in [0.717, 1.165) is 5.56 Å². The van der Waals surface area contributed by atoms with Gasteiger partial charge in [-0.2, -0.15) is 0 Å². The van der Waals surface area contributed by atoms with E-state index in [0.29, 0.717) is 0 Å². The van der Waals surface area contributed by atoms with Crippen LogP contribution in [0, 0.1) is 6.92 Å². The van der Waals surface area contributed by atoms with Gasteiger partial charge in [0.2, 0.25) is 10.0 Å². The number of methoxy groups -OCH3 is 2. The Morgan fingerprint density at radius 1 is 1.35 bits per heavy atom. The first-order valence-corrected chi connectivity index (χ1v) is 7.69. The minimum Gasteiger partial charge on any atom is -0.495 e. The maximum absolute atomic E-state index is 12.4. The van der Waals surface area contributed by atoms with Crippen molar-refractivity contribution < 1.29 is 23.0 Å². The number of hydrogen-bond donors (Lipinski definition) is 2. The molecule has 0 radical (unpaired) electrons. The summed E-state index contributed by atoms with van der Waals surface area (Å²) in [5.41, 5.74) is 0.816. The maximum atomic E-state index is 12.4. The minimum absolute atomic E-state index is 0.0824. The van der Waals surface area contributed by atoms with Crippen LogP contribution in [0.4, 0.5) is 0 Å². The highest BCUT2D eigenvalue weighted by molar-refractivity contribution is 7.89. The summed E-state index contributed by atoms with van der Waals surface area (Å²) < 4.78 is 37.4. The van der Waals surface area contributed by atoms with E-state index in [1.54, 1.807) is 25.1 Å². The molecule has 0 saturated carbocycles. The molecule has 0 spiro atoms. The molecule has 0 aromatic heterocycles. The van der Waals surface area contributed by atoms with Crippen LogP contribution in [-0.2, 0) is 14.8 Å². The quantitative estimate of drug-likeness (QED) is 0.737. The maximum Gasteiger partial charge on any atom is 0.244 e. The van der Waals surface area contributed by atoms with E-state index in [1.165, 1.54) is 14.2 Å². The normalized spacial score (nSPS) is 13.2. The SMILES string of the molecule is COCC(CCO)NS(=O)(=O)c1cc(C)ccc1OC. The molecule has 0 aliphatic rings. The van der Waals surface area contributed by atoms with Crippen LogP contribution in [0.5, 0.6) is 5.75 Å². The van der Waals surface area contributed by atoms with Crippen molar-refractivity contribution in [2.75, 3.05) is 27.4 Å². The van der Waals surface area contributed by atoms with E-state index in [1.807, 2.05) is 0 Å². The van der Waals surface area contributed by atoms with Gasteiger partial charge in [0.15, 0.2) is 0 Å². The second kappa shape index (κ2) is 7.58. The molecule has 2 N–H and O–H groups in total. The predicted octanol–water partition coefficient (Wildman–Crippen LogP) is 0.679. The van der Waals surface area contributed by atoms with Crippen molar-refractivity contribution in [3.63, 3.8) is 0 Å². The van der Waals surface area contributed by atoms with Gasteiger partial charge in [-0.25, -0.2) is 13.1 Å². The molecule has 0 aliphatic carbocycles. The number of hydrogen-bond acceptors (Lipinski definition) is 5. The molecular weight excluding hydrogens is 282 g/mol. The van der Waals surface area contributed by atoms with Crippen molar-refractivity contribution in [2.24, 2.45) is 0 Å². The first-order valence-electron chi connectivity index (χ1n) is 6.21. The highest BCUT2D eigenvalue weighted by Crippen LogP contribution is 2.24. The molecule has 0 heterocycles. The topological polar surface area (TPSA) is 84.9 Å². The van der Waals surface area contributed by atoms with E-state index in [-0.39, 0.29) is 30.3 Å². The van der Waals surface area contributed by atoms with Gasteiger partial charge in [-0.15, -0.1) is 0 Å². The standard InChI is InChI=1S/C13H21NO5S/c1-10-4-5-12(19-3)13(8-10)20(16,17)14-11(6-7-15)9-18-2/h4-5,8,11,14-15H,6-7,9H2,1-3H3. The second-order valence-corrected chi connectivity index (χ2v) is 6.12. The van der Waals surface area contributed by atoms with Gasteiger partial charge in [-0.05, 0) is 31.0 Å². The number of rotatable bonds is 8.